The molecule has 3 nitrogen and oxygen atoms in total. The number of ether oxygens (including phenoxy) is 1. The van der Waals surface area contributed by atoms with E-state index in [9.17, 15) is 22.4 Å². The summed E-state index contributed by atoms with van der Waals surface area (Å²) in [7, 11) is 0. The number of hydrogen-bond donors (Lipinski definition) is 1. The van der Waals surface area contributed by atoms with Crippen molar-refractivity contribution in [3.63, 3.8) is 0 Å². The Kier molecular flexibility index (Phi) is 5.89. The fraction of sp³-hybridized carbons (Fsp3) is 0.235. The maximum atomic E-state index is 12.9. The molecule has 2 aromatic rings. The largest absolute Gasteiger partial charge is 0.481 e. The maximum absolute atomic E-state index is 12.9. The highest BCUT2D eigenvalue weighted by atomic mass is 35.5. The molecule has 0 aliphatic rings. The summed E-state index contributed by atoms with van der Waals surface area (Å²) < 4.78 is 56.6. The van der Waals surface area contributed by atoms with Crippen LogP contribution in [0.15, 0.2) is 42.5 Å². The van der Waals surface area contributed by atoms with Gasteiger partial charge in [-0.15, -0.1) is 0 Å². The van der Waals surface area contributed by atoms with E-state index in [4.69, 9.17) is 16.3 Å². The average molecular weight is 376 g/mol. The molecule has 0 fully saturated rings. The monoisotopic (exact) mass is 375 g/mol. The minimum absolute atomic E-state index is 0.0296. The van der Waals surface area contributed by atoms with Crippen LogP contribution >= 0.6 is 11.6 Å². The molecule has 1 amide bonds. The van der Waals surface area contributed by atoms with Gasteiger partial charge in [0, 0.05) is 0 Å². The number of amides is 1. The Morgan fingerprint density at radius 1 is 1.20 bits per heavy atom. The summed E-state index contributed by atoms with van der Waals surface area (Å²) in [5, 5.41) is 2.31. The highest BCUT2D eigenvalue weighted by Crippen LogP contribution is 2.34. The second kappa shape index (κ2) is 7.74. The lowest BCUT2D eigenvalue weighted by molar-refractivity contribution is -0.137. The topological polar surface area (TPSA) is 38.3 Å². The molecule has 8 heteroatoms. The van der Waals surface area contributed by atoms with Crippen molar-refractivity contribution < 1.29 is 27.1 Å². The summed E-state index contributed by atoms with van der Waals surface area (Å²) in [4.78, 5) is 12.3. The molecular weight excluding hydrogens is 362 g/mol. The van der Waals surface area contributed by atoms with Crippen molar-refractivity contribution in [1.82, 2.24) is 0 Å². The number of halogens is 5. The lowest BCUT2D eigenvalue weighted by Crippen LogP contribution is -2.32. The van der Waals surface area contributed by atoms with Crippen LogP contribution in [0.5, 0.6) is 5.75 Å². The molecule has 25 heavy (non-hydrogen) atoms. The SMILES string of the molecule is CC[C@H](Oc1ccc(F)cc1)C(=O)Nc1cc(C(F)(F)F)ccc1Cl. The molecule has 0 spiro atoms. The summed E-state index contributed by atoms with van der Waals surface area (Å²) in [6.45, 7) is 1.67. The zero-order valence-corrected chi connectivity index (χ0v) is 13.8. The number of alkyl halides is 3. The van der Waals surface area contributed by atoms with E-state index in [0.717, 1.165) is 18.2 Å². The van der Waals surface area contributed by atoms with E-state index in [1.807, 2.05) is 0 Å². The van der Waals surface area contributed by atoms with Gasteiger partial charge < -0.3 is 10.1 Å². The van der Waals surface area contributed by atoms with Gasteiger partial charge in [0.1, 0.15) is 11.6 Å². The third-order valence-corrected chi connectivity index (χ3v) is 3.64. The van der Waals surface area contributed by atoms with Gasteiger partial charge in [0.25, 0.3) is 5.91 Å². The van der Waals surface area contributed by atoms with Crippen molar-refractivity contribution >= 4 is 23.2 Å². The van der Waals surface area contributed by atoms with E-state index in [-0.39, 0.29) is 22.9 Å². The first kappa shape index (κ1) is 19.1. The molecule has 0 bridgehead atoms. The maximum Gasteiger partial charge on any atom is 0.416 e. The van der Waals surface area contributed by atoms with E-state index < -0.39 is 29.6 Å². The Labute approximate surface area is 146 Å². The van der Waals surface area contributed by atoms with Gasteiger partial charge in [-0.05, 0) is 48.9 Å². The number of rotatable bonds is 5. The molecule has 0 radical (unpaired) electrons. The molecular formula is C17H14ClF4NO2. The zero-order chi connectivity index (χ0) is 18.6. The highest BCUT2D eigenvalue weighted by molar-refractivity contribution is 6.33. The first-order valence-electron chi connectivity index (χ1n) is 7.30. The number of hydrogen-bond acceptors (Lipinski definition) is 2. The van der Waals surface area contributed by atoms with Crippen LogP contribution in [0.1, 0.15) is 18.9 Å². The van der Waals surface area contributed by atoms with Crippen molar-refractivity contribution in [3.05, 3.63) is 58.9 Å². The van der Waals surface area contributed by atoms with Crippen molar-refractivity contribution in [2.75, 3.05) is 5.32 Å². The smallest absolute Gasteiger partial charge is 0.416 e. The number of carbonyl (C=O) groups is 1. The quantitative estimate of drug-likeness (QED) is 0.721. The van der Waals surface area contributed by atoms with E-state index in [0.29, 0.717) is 0 Å². The molecule has 0 aliphatic heterocycles. The average Bonchev–Trinajstić information content (AvgIpc) is 2.55. The fourth-order valence-electron chi connectivity index (χ4n) is 2.01. The molecule has 0 saturated carbocycles. The molecule has 0 aliphatic carbocycles. The molecule has 0 aromatic heterocycles. The number of benzene rings is 2. The van der Waals surface area contributed by atoms with Crippen LogP contribution in [0.3, 0.4) is 0 Å². The summed E-state index contributed by atoms with van der Waals surface area (Å²) in [6, 6.07) is 7.68. The van der Waals surface area contributed by atoms with Gasteiger partial charge in [0.2, 0.25) is 0 Å². The van der Waals surface area contributed by atoms with Crippen molar-refractivity contribution in [2.45, 2.75) is 25.6 Å². The Morgan fingerprint density at radius 2 is 1.84 bits per heavy atom. The lowest BCUT2D eigenvalue weighted by Gasteiger charge is -2.18. The third kappa shape index (κ3) is 5.09. The van der Waals surface area contributed by atoms with Gasteiger partial charge in [-0.3, -0.25) is 4.79 Å². The minimum atomic E-state index is -4.56. The third-order valence-electron chi connectivity index (χ3n) is 3.31. The molecule has 0 saturated heterocycles. The summed E-state index contributed by atoms with van der Waals surface area (Å²) in [6.07, 6.45) is -5.28. The predicted octanol–water partition coefficient (Wildman–Crippen LogP) is 5.29. The van der Waals surface area contributed by atoms with E-state index in [1.54, 1.807) is 6.92 Å². The fourth-order valence-corrected chi connectivity index (χ4v) is 2.18. The van der Waals surface area contributed by atoms with E-state index in [1.165, 1.54) is 24.3 Å². The number of anilines is 1. The Bertz CT molecular complexity index is 747. The number of carbonyl (C=O) groups excluding carboxylic acids is 1. The van der Waals surface area contributed by atoms with E-state index in [2.05, 4.69) is 5.32 Å². The van der Waals surface area contributed by atoms with E-state index >= 15 is 0 Å². The standard InChI is InChI=1S/C17H14ClF4NO2/c1-2-15(25-12-6-4-11(19)5-7-12)16(24)23-14-9-10(17(20,21)22)3-8-13(14)18/h3-9,15H,2H2,1H3,(H,23,24)/t15-/m0/s1. The first-order valence-corrected chi connectivity index (χ1v) is 7.68. The summed E-state index contributed by atoms with van der Waals surface area (Å²) in [5.41, 5.74) is -1.10. The van der Waals surface area contributed by atoms with Gasteiger partial charge in [0.05, 0.1) is 16.3 Å². The number of nitrogens with one attached hydrogen (secondary N) is 1. The Hall–Kier alpha value is -2.28. The van der Waals surface area contributed by atoms with Crippen molar-refractivity contribution in [1.29, 1.82) is 0 Å². The molecule has 0 unspecified atom stereocenters. The van der Waals surface area contributed by atoms with Crippen molar-refractivity contribution in [2.24, 2.45) is 0 Å². The van der Waals surface area contributed by atoms with Gasteiger partial charge in [-0.1, -0.05) is 18.5 Å². The van der Waals surface area contributed by atoms with Crippen molar-refractivity contribution in [3.8, 4) is 5.75 Å². The Balaban J connectivity index is 2.15. The first-order chi connectivity index (χ1) is 11.7. The van der Waals surface area contributed by atoms with Gasteiger partial charge >= 0.3 is 6.18 Å². The van der Waals surface area contributed by atoms with Crippen LogP contribution in [0.25, 0.3) is 0 Å². The predicted molar refractivity (Wildman–Crippen MR) is 86.2 cm³/mol. The molecule has 0 heterocycles. The van der Waals surface area contributed by atoms with Gasteiger partial charge in [0.15, 0.2) is 6.10 Å². The van der Waals surface area contributed by atoms with Gasteiger partial charge in [-0.25, -0.2) is 4.39 Å². The second-order valence-corrected chi connectivity index (χ2v) is 5.56. The van der Waals surface area contributed by atoms with Crippen LogP contribution in [-0.2, 0) is 11.0 Å². The van der Waals surface area contributed by atoms with Crippen LogP contribution in [0, 0.1) is 5.82 Å². The van der Waals surface area contributed by atoms with Crippen LogP contribution < -0.4 is 10.1 Å². The highest BCUT2D eigenvalue weighted by Gasteiger charge is 2.31. The normalized spacial score (nSPS) is 12.6. The zero-order valence-electron chi connectivity index (χ0n) is 13.0. The minimum Gasteiger partial charge on any atom is -0.481 e. The molecule has 1 atom stereocenters. The van der Waals surface area contributed by atoms with Crippen LogP contribution in [-0.4, -0.2) is 12.0 Å². The van der Waals surface area contributed by atoms with Crippen LogP contribution in [0.2, 0.25) is 5.02 Å². The van der Waals surface area contributed by atoms with Crippen LogP contribution in [0.4, 0.5) is 23.2 Å². The lowest BCUT2D eigenvalue weighted by atomic mass is 10.1. The summed E-state index contributed by atoms with van der Waals surface area (Å²) in [5.74, 6) is -0.854. The molecule has 134 valence electrons. The molecule has 2 rings (SSSR count). The Morgan fingerprint density at radius 3 is 2.40 bits per heavy atom. The van der Waals surface area contributed by atoms with Gasteiger partial charge in [-0.2, -0.15) is 13.2 Å². The second-order valence-electron chi connectivity index (χ2n) is 5.15. The molecule has 2 aromatic carbocycles. The molecule has 1 N–H and O–H groups in total. The summed E-state index contributed by atoms with van der Waals surface area (Å²) >= 11 is 5.85.